The van der Waals surface area contributed by atoms with Crippen molar-refractivity contribution in [3.8, 4) is 16.3 Å². The van der Waals surface area contributed by atoms with Gasteiger partial charge in [0.2, 0.25) is 5.95 Å². The maximum absolute atomic E-state index is 12.6. The highest BCUT2D eigenvalue weighted by Gasteiger charge is 2.52. The molecule has 0 spiro atoms. The first-order chi connectivity index (χ1) is 20.4. The lowest BCUT2D eigenvalue weighted by Gasteiger charge is -2.34. The lowest BCUT2D eigenvalue weighted by Crippen LogP contribution is -2.51. The first-order valence-electron chi connectivity index (χ1n) is 14.1. The minimum atomic E-state index is -4.79. The van der Waals surface area contributed by atoms with Gasteiger partial charge < -0.3 is 30.7 Å². The number of halogens is 3. The van der Waals surface area contributed by atoms with Gasteiger partial charge in [0.05, 0.1) is 33.3 Å². The van der Waals surface area contributed by atoms with Crippen LogP contribution < -0.4 is 15.4 Å². The van der Waals surface area contributed by atoms with Crippen LogP contribution in [0.3, 0.4) is 0 Å². The summed E-state index contributed by atoms with van der Waals surface area (Å²) in [6.07, 6.45) is -5.57. The van der Waals surface area contributed by atoms with Crippen molar-refractivity contribution in [3.05, 3.63) is 53.0 Å². The molecule has 0 aliphatic heterocycles. The number of nitrogens with one attached hydrogen (secondary N) is 2. The molecule has 5 N–H and O–H groups in total. The van der Waals surface area contributed by atoms with Gasteiger partial charge >= 0.3 is 6.36 Å². The Labute approximate surface area is 256 Å². The summed E-state index contributed by atoms with van der Waals surface area (Å²) in [6, 6.07) is 6.99. The molecule has 0 bridgehead atoms. The molecule has 1 saturated carbocycles. The van der Waals surface area contributed by atoms with Crippen LogP contribution in [0.1, 0.15) is 62.3 Å². The molecule has 1 aromatic carbocycles. The van der Waals surface area contributed by atoms with Gasteiger partial charge in [-0.2, -0.15) is 4.98 Å². The third-order valence-corrected chi connectivity index (χ3v) is 8.91. The molecular formula is C30H35F3N6O4S. The largest absolute Gasteiger partial charge is 0.573 e. The number of benzene rings is 1. The van der Waals surface area contributed by atoms with Gasteiger partial charge in [0.15, 0.2) is 5.72 Å². The topological polar surface area (TPSA) is 146 Å². The van der Waals surface area contributed by atoms with E-state index in [4.69, 9.17) is 9.97 Å². The average molecular weight is 633 g/mol. The Morgan fingerprint density at radius 1 is 1.05 bits per heavy atom. The van der Waals surface area contributed by atoms with Crippen molar-refractivity contribution < 1.29 is 33.2 Å². The third-order valence-electron chi connectivity index (χ3n) is 7.89. The fourth-order valence-corrected chi connectivity index (χ4v) is 6.86. The molecule has 10 nitrogen and oxygen atoms in total. The zero-order chi connectivity index (χ0) is 32.2. The molecule has 236 valence electrons. The molecule has 3 heterocycles. The number of hydrogen-bond donors (Lipinski definition) is 5. The number of rotatable bonds is 8. The van der Waals surface area contributed by atoms with E-state index >= 15 is 0 Å². The summed E-state index contributed by atoms with van der Waals surface area (Å²) in [5, 5.41) is 40.2. The number of hydrogen-bond acceptors (Lipinski definition) is 11. The first-order valence-corrected chi connectivity index (χ1v) is 14.9. The molecule has 14 heteroatoms. The zero-order valence-corrected chi connectivity index (χ0v) is 25.9. The van der Waals surface area contributed by atoms with Crippen molar-refractivity contribution in [1.82, 2.24) is 19.9 Å². The molecule has 0 amide bonds. The van der Waals surface area contributed by atoms with Crippen LogP contribution >= 0.6 is 11.3 Å². The SMILES string of the molecule is Cc1cc2sc(-c3c(C)nc(NC(C)c4ccc(OC(F)(F)F)cc4)nc3NC3(O)CCC(C(C)(C)O)C3O)nc2c(C)n1. The molecule has 44 heavy (non-hydrogen) atoms. The number of aliphatic hydroxyl groups is 3. The highest BCUT2D eigenvalue weighted by Crippen LogP contribution is 2.44. The lowest BCUT2D eigenvalue weighted by atomic mass is 9.87. The first kappa shape index (κ1) is 31.8. The molecule has 4 aromatic rings. The number of pyridine rings is 1. The Balaban J connectivity index is 1.52. The normalized spacial score (nSPS) is 21.5. The number of alkyl halides is 3. The summed E-state index contributed by atoms with van der Waals surface area (Å²) in [5.74, 6) is -0.518. The smallest absolute Gasteiger partial charge is 0.406 e. The minimum absolute atomic E-state index is 0.152. The van der Waals surface area contributed by atoms with Crippen molar-refractivity contribution in [2.45, 2.75) is 84.2 Å². The Kier molecular flexibility index (Phi) is 8.25. The molecule has 1 fully saturated rings. The molecule has 0 radical (unpaired) electrons. The second-order valence-corrected chi connectivity index (χ2v) is 12.9. The lowest BCUT2D eigenvalue weighted by molar-refractivity contribution is -0.274. The number of aromatic nitrogens is 4. The molecule has 3 aromatic heterocycles. The Morgan fingerprint density at radius 3 is 2.34 bits per heavy atom. The van der Waals surface area contributed by atoms with Gasteiger partial charge in [0, 0.05) is 11.6 Å². The fraction of sp³-hybridized carbons (Fsp3) is 0.467. The average Bonchev–Trinajstić information content (AvgIpc) is 3.43. The molecule has 1 aliphatic rings. The van der Waals surface area contributed by atoms with E-state index in [1.54, 1.807) is 27.7 Å². The van der Waals surface area contributed by atoms with Crippen molar-refractivity contribution in [2.24, 2.45) is 5.92 Å². The summed E-state index contributed by atoms with van der Waals surface area (Å²) in [5.41, 5.74) is 1.04. The predicted octanol–water partition coefficient (Wildman–Crippen LogP) is 5.79. The molecule has 5 rings (SSSR count). The standard InChI is InChI=1S/C30H35F3N6O4S/c1-14-13-21-23(17(4)34-14)37-26(44-21)22-16(3)36-27(35-15(2)18-7-9-19(10-8-18)43-30(31,32)33)38-25(22)39-29(42)12-11-20(24(29)40)28(5,6)41/h7-10,13,15,20,24,40-42H,11-12H2,1-6H3,(H2,35,36,38,39). The summed E-state index contributed by atoms with van der Waals surface area (Å²) >= 11 is 1.42. The maximum atomic E-state index is 12.6. The highest BCUT2D eigenvalue weighted by molar-refractivity contribution is 7.21. The van der Waals surface area contributed by atoms with Crippen LogP contribution in [0.25, 0.3) is 20.8 Å². The number of aliphatic hydroxyl groups excluding tert-OH is 1. The van der Waals surface area contributed by atoms with Gasteiger partial charge in [-0.3, -0.25) is 4.98 Å². The minimum Gasteiger partial charge on any atom is -0.406 e. The van der Waals surface area contributed by atoms with E-state index in [1.807, 2.05) is 19.9 Å². The number of thiazole rings is 1. The Bertz CT molecular complexity index is 1670. The van der Waals surface area contributed by atoms with Crippen LogP contribution in [0, 0.1) is 26.7 Å². The van der Waals surface area contributed by atoms with Crippen molar-refractivity contribution in [3.63, 3.8) is 0 Å². The number of nitrogens with zero attached hydrogens (tertiary/aromatic N) is 4. The quantitative estimate of drug-likeness (QED) is 0.151. The van der Waals surface area contributed by atoms with Gasteiger partial charge in [0.1, 0.15) is 28.2 Å². The molecule has 1 aliphatic carbocycles. The summed E-state index contributed by atoms with van der Waals surface area (Å²) < 4.78 is 42.6. The van der Waals surface area contributed by atoms with Crippen LogP contribution in [-0.4, -0.2) is 59.0 Å². The molecular weight excluding hydrogens is 597 g/mol. The van der Waals surface area contributed by atoms with Crippen molar-refractivity contribution in [2.75, 3.05) is 10.6 Å². The van der Waals surface area contributed by atoms with E-state index in [-0.39, 0.29) is 23.9 Å². The monoisotopic (exact) mass is 632 g/mol. The Morgan fingerprint density at radius 2 is 1.73 bits per heavy atom. The van der Waals surface area contributed by atoms with E-state index in [9.17, 15) is 28.5 Å². The van der Waals surface area contributed by atoms with E-state index in [0.717, 1.165) is 21.6 Å². The number of fused-ring (bicyclic) bond motifs is 1. The Hall–Kier alpha value is -3.59. The van der Waals surface area contributed by atoms with Crippen LogP contribution in [-0.2, 0) is 0 Å². The van der Waals surface area contributed by atoms with Crippen molar-refractivity contribution in [1.29, 1.82) is 0 Å². The number of ether oxygens (including phenoxy) is 1. The zero-order valence-electron chi connectivity index (χ0n) is 25.1. The van der Waals surface area contributed by atoms with Gasteiger partial charge in [-0.15, -0.1) is 24.5 Å². The van der Waals surface area contributed by atoms with E-state index in [1.165, 1.54) is 35.6 Å². The number of aryl methyl sites for hydroxylation is 3. The summed E-state index contributed by atoms with van der Waals surface area (Å²) in [6.45, 7) is 10.6. The van der Waals surface area contributed by atoms with Crippen molar-refractivity contribution >= 4 is 33.3 Å². The molecule has 4 atom stereocenters. The van der Waals surface area contributed by atoms with Crippen LogP contribution in [0.5, 0.6) is 5.75 Å². The van der Waals surface area contributed by atoms with Gasteiger partial charge in [-0.05, 0) is 78.1 Å². The predicted molar refractivity (Wildman–Crippen MR) is 161 cm³/mol. The van der Waals surface area contributed by atoms with E-state index < -0.39 is 35.8 Å². The summed E-state index contributed by atoms with van der Waals surface area (Å²) in [7, 11) is 0. The maximum Gasteiger partial charge on any atom is 0.573 e. The number of anilines is 2. The summed E-state index contributed by atoms with van der Waals surface area (Å²) in [4.78, 5) is 18.7. The third kappa shape index (κ3) is 6.58. The van der Waals surface area contributed by atoms with Gasteiger partial charge in [-0.1, -0.05) is 12.1 Å². The van der Waals surface area contributed by atoms with Gasteiger partial charge in [-0.25, -0.2) is 9.97 Å². The van der Waals surface area contributed by atoms with E-state index in [2.05, 4.69) is 25.3 Å². The van der Waals surface area contributed by atoms with Crippen LogP contribution in [0.15, 0.2) is 30.3 Å². The molecule has 4 unspecified atom stereocenters. The van der Waals surface area contributed by atoms with Crippen LogP contribution in [0.2, 0.25) is 0 Å². The van der Waals surface area contributed by atoms with Crippen LogP contribution in [0.4, 0.5) is 24.9 Å². The fourth-order valence-electron chi connectivity index (χ4n) is 5.65. The highest BCUT2D eigenvalue weighted by atomic mass is 32.1. The molecule has 0 saturated heterocycles. The second-order valence-electron chi connectivity index (χ2n) is 11.8. The van der Waals surface area contributed by atoms with Gasteiger partial charge in [0.25, 0.3) is 0 Å². The van der Waals surface area contributed by atoms with E-state index in [0.29, 0.717) is 28.2 Å². The second kappa shape index (κ2) is 11.4.